The van der Waals surface area contributed by atoms with Gasteiger partial charge in [-0.15, -0.1) is 5.10 Å². The zero-order chi connectivity index (χ0) is 12.3. The summed E-state index contributed by atoms with van der Waals surface area (Å²) in [7, 11) is 1.85. The van der Waals surface area contributed by atoms with Crippen LogP contribution in [0.3, 0.4) is 0 Å². The zero-order valence-electron chi connectivity index (χ0n) is 9.18. The average molecular weight is 292 g/mol. The first-order chi connectivity index (χ1) is 8.20. The molecule has 5 nitrogen and oxygen atoms in total. The van der Waals surface area contributed by atoms with Gasteiger partial charge in [0.2, 0.25) is 0 Å². The molecule has 1 heterocycles. The Kier molecular flexibility index (Phi) is 3.40. The average Bonchev–Trinajstić information content (AvgIpc) is 2.73. The van der Waals surface area contributed by atoms with E-state index in [1.165, 1.54) is 0 Å². The monoisotopic (exact) mass is 291 g/mol. The standard InChI is InChI=1S/C11H10BrN5/c1-17-9(7-15-16-17)6-14-11-3-2-8(5-13)4-10(11)12/h2-4,7,14H,6H2,1H3. The molecule has 0 saturated carbocycles. The molecule has 0 spiro atoms. The highest BCUT2D eigenvalue weighted by atomic mass is 79.9. The molecule has 0 amide bonds. The Balaban J connectivity index is 2.10. The first-order valence-corrected chi connectivity index (χ1v) is 5.77. The fourth-order valence-corrected chi connectivity index (χ4v) is 1.90. The van der Waals surface area contributed by atoms with Crippen molar-refractivity contribution < 1.29 is 0 Å². The minimum absolute atomic E-state index is 0.629. The van der Waals surface area contributed by atoms with E-state index in [2.05, 4.69) is 37.6 Å². The first kappa shape index (κ1) is 11.6. The topological polar surface area (TPSA) is 66.5 Å². The Labute approximate surface area is 107 Å². The number of nitriles is 1. The molecule has 86 valence electrons. The van der Waals surface area contributed by atoms with E-state index < -0.39 is 0 Å². The van der Waals surface area contributed by atoms with E-state index in [1.807, 2.05) is 13.1 Å². The van der Waals surface area contributed by atoms with Gasteiger partial charge in [-0.1, -0.05) is 5.21 Å². The number of rotatable bonds is 3. The second-order valence-corrected chi connectivity index (χ2v) is 4.36. The van der Waals surface area contributed by atoms with Gasteiger partial charge in [0.05, 0.1) is 30.1 Å². The van der Waals surface area contributed by atoms with Crippen LogP contribution in [0.25, 0.3) is 0 Å². The molecule has 0 radical (unpaired) electrons. The van der Waals surface area contributed by atoms with E-state index in [-0.39, 0.29) is 0 Å². The predicted octanol–water partition coefficient (Wildman–Crippen LogP) is 2.06. The highest BCUT2D eigenvalue weighted by Crippen LogP contribution is 2.23. The third kappa shape index (κ3) is 2.63. The molecule has 1 N–H and O–H groups in total. The van der Waals surface area contributed by atoms with Crippen molar-refractivity contribution in [1.82, 2.24) is 15.0 Å². The summed E-state index contributed by atoms with van der Waals surface area (Å²) < 4.78 is 2.58. The Bertz CT molecular complexity index is 569. The lowest BCUT2D eigenvalue weighted by Crippen LogP contribution is -2.05. The van der Waals surface area contributed by atoms with Crippen molar-refractivity contribution in [3.63, 3.8) is 0 Å². The van der Waals surface area contributed by atoms with Gasteiger partial charge in [0.15, 0.2) is 0 Å². The van der Waals surface area contributed by atoms with Gasteiger partial charge in [-0.05, 0) is 34.1 Å². The van der Waals surface area contributed by atoms with E-state index >= 15 is 0 Å². The van der Waals surface area contributed by atoms with Gasteiger partial charge < -0.3 is 5.32 Å². The van der Waals surface area contributed by atoms with Gasteiger partial charge in [-0.2, -0.15) is 5.26 Å². The normalized spacial score (nSPS) is 9.94. The van der Waals surface area contributed by atoms with Crippen molar-refractivity contribution in [2.45, 2.75) is 6.54 Å². The number of benzene rings is 1. The molecule has 6 heteroatoms. The summed E-state index contributed by atoms with van der Waals surface area (Å²) in [5.41, 5.74) is 2.55. The first-order valence-electron chi connectivity index (χ1n) is 4.98. The fraction of sp³-hybridized carbons (Fsp3) is 0.182. The fourth-order valence-electron chi connectivity index (χ4n) is 1.38. The maximum absolute atomic E-state index is 8.76. The minimum Gasteiger partial charge on any atom is -0.378 e. The van der Waals surface area contributed by atoms with Crippen LogP contribution < -0.4 is 5.32 Å². The van der Waals surface area contributed by atoms with Crippen molar-refractivity contribution in [2.75, 3.05) is 5.32 Å². The van der Waals surface area contributed by atoms with Crippen LogP contribution in [-0.4, -0.2) is 15.0 Å². The smallest absolute Gasteiger partial charge is 0.0992 e. The number of hydrogen-bond donors (Lipinski definition) is 1. The van der Waals surface area contributed by atoms with E-state index in [0.717, 1.165) is 15.9 Å². The lowest BCUT2D eigenvalue weighted by Gasteiger charge is -2.08. The number of anilines is 1. The molecule has 0 bridgehead atoms. The second kappa shape index (κ2) is 4.97. The largest absolute Gasteiger partial charge is 0.378 e. The number of halogens is 1. The van der Waals surface area contributed by atoms with E-state index in [0.29, 0.717) is 12.1 Å². The van der Waals surface area contributed by atoms with E-state index in [9.17, 15) is 0 Å². The van der Waals surface area contributed by atoms with Gasteiger partial charge in [0.1, 0.15) is 0 Å². The number of hydrogen-bond acceptors (Lipinski definition) is 4. The molecule has 17 heavy (non-hydrogen) atoms. The second-order valence-electron chi connectivity index (χ2n) is 3.51. The number of aryl methyl sites for hydroxylation is 1. The summed E-state index contributed by atoms with van der Waals surface area (Å²) in [5, 5.41) is 19.7. The quantitative estimate of drug-likeness (QED) is 0.940. The molecular weight excluding hydrogens is 282 g/mol. The summed E-state index contributed by atoms with van der Waals surface area (Å²) in [6.07, 6.45) is 1.71. The minimum atomic E-state index is 0.629. The van der Waals surface area contributed by atoms with Crippen molar-refractivity contribution in [2.24, 2.45) is 7.05 Å². The van der Waals surface area contributed by atoms with Crippen LogP contribution in [0.1, 0.15) is 11.3 Å². The highest BCUT2D eigenvalue weighted by Gasteiger charge is 2.03. The Hall–Kier alpha value is -1.87. The van der Waals surface area contributed by atoms with Crippen LogP contribution >= 0.6 is 15.9 Å². The number of nitrogens with one attached hydrogen (secondary N) is 1. The van der Waals surface area contributed by atoms with Gasteiger partial charge in [-0.3, -0.25) is 4.68 Å². The SMILES string of the molecule is Cn1nncc1CNc1ccc(C#N)cc1Br. The van der Waals surface area contributed by atoms with Crippen molar-refractivity contribution in [3.8, 4) is 6.07 Å². The molecule has 2 rings (SSSR count). The van der Waals surface area contributed by atoms with Crippen molar-refractivity contribution in [3.05, 3.63) is 40.1 Å². The molecule has 1 aromatic carbocycles. The molecule has 0 aliphatic heterocycles. The Morgan fingerprint density at radius 3 is 2.94 bits per heavy atom. The zero-order valence-corrected chi connectivity index (χ0v) is 10.8. The lowest BCUT2D eigenvalue weighted by atomic mass is 10.2. The molecule has 0 fully saturated rings. The molecule has 2 aromatic rings. The van der Waals surface area contributed by atoms with Crippen LogP contribution in [0.5, 0.6) is 0 Å². The maximum Gasteiger partial charge on any atom is 0.0992 e. The summed E-state index contributed by atoms with van der Waals surface area (Å²) >= 11 is 3.42. The molecule has 1 aromatic heterocycles. The third-order valence-electron chi connectivity index (χ3n) is 2.37. The predicted molar refractivity (Wildman–Crippen MR) is 67.2 cm³/mol. The third-order valence-corrected chi connectivity index (χ3v) is 3.02. The molecule has 0 unspecified atom stereocenters. The van der Waals surface area contributed by atoms with Crippen LogP contribution in [-0.2, 0) is 13.6 Å². The number of nitrogens with zero attached hydrogens (tertiary/aromatic N) is 4. The molecule has 0 saturated heterocycles. The summed E-state index contributed by atoms with van der Waals surface area (Å²) in [6, 6.07) is 7.51. The molecule has 0 aliphatic carbocycles. The van der Waals surface area contributed by atoms with E-state index in [1.54, 1.807) is 23.0 Å². The summed E-state index contributed by atoms with van der Waals surface area (Å²) in [4.78, 5) is 0. The van der Waals surface area contributed by atoms with Gasteiger partial charge in [0, 0.05) is 17.2 Å². The highest BCUT2D eigenvalue weighted by molar-refractivity contribution is 9.10. The molecular formula is C11H10BrN5. The molecule has 0 atom stereocenters. The summed E-state index contributed by atoms with van der Waals surface area (Å²) in [6.45, 7) is 0.633. The maximum atomic E-state index is 8.76. The molecule has 0 aliphatic rings. The van der Waals surface area contributed by atoms with Crippen LogP contribution in [0, 0.1) is 11.3 Å². The van der Waals surface area contributed by atoms with Crippen LogP contribution in [0.2, 0.25) is 0 Å². The van der Waals surface area contributed by atoms with Gasteiger partial charge >= 0.3 is 0 Å². The number of aromatic nitrogens is 3. The van der Waals surface area contributed by atoms with Gasteiger partial charge in [-0.25, -0.2) is 0 Å². The van der Waals surface area contributed by atoms with Crippen molar-refractivity contribution >= 4 is 21.6 Å². The van der Waals surface area contributed by atoms with Crippen LogP contribution in [0.4, 0.5) is 5.69 Å². The summed E-state index contributed by atoms with van der Waals surface area (Å²) in [5.74, 6) is 0. The Morgan fingerprint density at radius 2 is 2.35 bits per heavy atom. The van der Waals surface area contributed by atoms with Crippen LogP contribution in [0.15, 0.2) is 28.9 Å². The van der Waals surface area contributed by atoms with E-state index in [4.69, 9.17) is 5.26 Å². The van der Waals surface area contributed by atoms with Crippen molar-refractivity contribution in [1.29, 1.82) is 5.26 Å². The Morgan fingerprint density at radius 1 is 1.53 bits per heavy atom. The lowest BCUT2D eigenvalue weighted by molar-refractivity contribution is 0.683. The van der Waals surface area contributed by atoms with Gasteiger partial charge in [0.25, 0.3) is 0 Å².